The van der Waals surface area contributed by atoms with Crippen LogP contribution in [0.15, 0.2) is 18.3 Å². The van der Waals surface area contributed by atoms with Gasteiger partial charge in [0.05, 0.1) is 17.9 Å². The second-order valence-corrected chi connectivity index (χ2v) is 5.48. The maximum absolute atomic E-state index is 5.94. The van der Waals surface area contributed by atoms with E-state index in [1.165, 1.54) is 0 Å². The van der Waals surface area contributed by atoms with Crippen molar-refractivity contribution in [3.8, 4) is 5.75 Å². The zero-order chi connectivity index (χ0) is 12.5. The summed E-state index contributed by atoms with van der Waals surface area (Å²) in [5.74, 6) is 0.834. The number of pyridine rings is 1. The molecule has 1 aliphatic heterocycles. The highest BCUT2D eigenvalue weighted by Gasteiger charge is 2.24. The van der Waals surface area contributed by atoms with Gasteiger partial charge in [-0.3, -0.25) is 4.98 Å². The van der Waals surface area contributed by atoms with Crippen LogP contribution in [0.5, 0.6) is 5.75 Å². The van der Waals surface area contributed by atoms with Gasteiger partial charge in [-0.2, -0.15) is 0 Å². The molecule has 0 amide bonds. The van der Waals surface area contributed by atoms with E-state index in [1.807, 2.05) is 32.4 Å². The third-order valence-electron chi connectivity index (χ3n) is 2.62. The van der Waals surface area contributed by atoms with Gasteiger partial charge in [0, 0.05) is 13.1 Å². The van der Waals surface area contributed by atoms with Crippen LogP contribution < -0.4 is 10.1 Å². The molecule has 17 heavy (non-hydrogen) atoms. The number of rotatable bonds is 5. The fraction of sp³-hybridized carbons (Fsp3) is 0.615. The van der Waals surface area contributed by atoms with E-state index in [0.29, 0.717) is 6.04 Å². The molecule has 1 N–H and O–H groups in total. The normalized spacial score (nSPS) is 19.5. The average molecular weight is 235 g/mol. The summed E-state index contributed by atoms with van der Waals surface area (Å²) in [4.78, 5) is 6.52. The lowest BCUT2D eigenvalue weighted by Crippen LogP contribution is -2.39. The molecular weight excluding hydrogens is 214 g/mol. The summed E-state index contributed by atoms with van der Waals surface area (Å²) in [6.45, 7) is 6.09. The summed E-state index contributed by atoms with van der Waals surface area (Å²) in [6.07, 6.45) is 1.81. The van der Waals surface area contributed by atoms with Gasteiger partial charge in [-0.1, -0.05) is 0 Å². The lowest BCUT2D eigenvalue weighted by molar-refractivity contribution is 0.0770. The highest BCUT2D eigenvalue weighted by atomic mass is 16.5. The highest BCUT2D eigenvalue weighted by molar-refractivity contribution is 5.24. The van der Waals surface area contributed by atoms with Crippen molar-refractivity contribution in [2.75, 3.05) is 27.2 Å². The lowest BCUT2D eigenvalue weighted by atomic mass is 10.1. The Morgan fingerprint density at radius 2 is 2.18 bits per heavy atom. The van der Waals surface area contributed by atoms with E-state index in [2.05, 4.69) is 29.0 Å². The molecule has 1 aromatic rings. The topological polar surface area (TPSA) is 47.3 Å². The van der Waals surface area contributed by atoms with Gasteiger partial charge in [0.25, 0.3) is 0 Å². The van der Waals surface area contributed by atoms with E-state index in [1.54, 1.807) is 0 Å². The molecule has 0 aliphatic carbocycles. The third-order valence-corrected chi connectivity index (χ3v) is 2.62. The maximum atomic E-state index is 5.94. The lowest BCUT2D eigenvalue weighted by Gasteiger charge is -2.29. The molecule has 4 heteroatoms. The third kappa shape index (κ3) is 3.68. The Hall–Kier alpha value is -1.13. The Kier molecular flexibility index (Phi) is 3.35. The van der Waals surface area contributed by atoms with Crippen LogP contribution in [0.2, 0.25) is 0 Å². The van der Waals surface area contributed by atoms with Crippen LogP contribution in [0.25, 0.3) is 0 Å². The Morgan fingerprint density at radius 3 is 2.65 bits per heavy atom. The van der Waals surface area contributed by atoms with E-state index in [-0.39, 0.29) is 5.60 Å². The SMILES string of the molecule is CN(C)CC(C)(C)Oc1ccc(C2CN2)nc1. The van der Waals surface area contributed by atoms with Gasteiger partial charge in [-0.05, 0) is 40.1 Å². The molecule has 2 heterocycles. The van der Waals surface area contributed by atoms with Crippen molar-refractivity contribution >= 4 is 0 Å². The molecule has 1 fully saturated rings. The Bertz CT molecular complexity index is 369. The van der Waals surface area contributed by atoms with Gasteiger partial charge in [0.1, 0.15) is 11.4 Å². The largest absolute Gasteiger partial charge is 0.485 e. The first-order valence-electron chi connectivity index (χ1n) is 5.99. The summed E-state index contributed by atoms with van der Waals surface area (Å²) in [5, 5.41) is 3.23. The molecule has 0 aromatic carbocycles. The average Bonchev–Trinajstić information content (AvgIpc) is 2.99. The van der Waals surface area contributed by atoms with E-state index >= 15 is 0 Å². The number of hydrogen-bond acceptors (Lipinski definition) is 4. The minimum atomic E-state index is -0.204. The van der Waals surface area contributed by atoms with E-state index in [0.717, 1.165) is 24.5 Å². The molecule has 1 aromatic heterocycles. The van der Waals surface area contributed by atoms with Crippen LogP contribution in [0.3, 0.4) is 0 Å². The minimum absolute atomic E-state index is 0.204. The predicted molar refractivity (Wildman–Crippen MR) is 68.2 cm³/mol. The van der Waals surface area contributed by atoms with Crippen LogP contribution in [-0.2, 0) is 0 Å². The molecule has 1 saturated heterocycles. The zero-order valence-corrected chi connectivity index (χ0v) is 11.0. The van der Waals surface area contributed by atoms with Crippen molar-refractivity contribution in [1.29, 1.82) is 0 Å². The summed E-state index contributed by atoms with van der Waals surface area (Å²) in [7, 11) is 4.09. The second kappa shape index (κ2) is 4.63. The van der Waals surface area contributed by atoms with Crippen molar-refractivity contribution in [1.82, 2.24) is 15.2 Å². The Morgan fingerprint density at radius 1 is 1.47 bits per heavy atom. The van der Waals surface area contributed by atoms with Gasteiger partial charge in [0.2, 0.25) is 0 Å². The second-order valence-electron chi connectivity index (χ2n) is 5.48. The van der Waals surface area contributed by atoms with Gasteiger partial charge >= 0.3 is 0 Å². The predicted octanol–water partition coefficient (Wildman–Crippen LogP) is 1.44. The van der Waals surface area contributed by atoms with Crippen LogP contribution >= 0.6 is 0 Å². The fourth-order valence-corrected chi connectivity index (χ4v) is 2.04. The summed E-state index contributed by atoms with van der Waals surface area (Å²) in [5.41, 5.74) is 0.896. The zero-order valence-electron chi connectivity index (χ0n) is 11.0. The quantitative estimate of drug-likeness (QED) is 0.785. The smallest absolute Gasteiger partial charge is 0.138 e. The van der Waals surface area contributed by atoms with Crippen LogP contribution in [-0.4, -0.2) is 42.7 Å². The Labute approximate surface area is 103 Å². The first kappa shape index (κ1) is 12.3. The highest BCUT2D eigenvalue weighted by Crippen LogP contribution is 2.23. The molecular formula is C13H21N3O. The molecule has 0 spiro atoms. The standard InChI is InChI=1S/C13H21N3O/c1-13(2,9-16(3)4)17-10-5-6-11(14-7-10)12-8-15-12/h5-7,12,15H,8-9H2,1-4H3. The van der Waals surface area contributed by atoms with Gasteiger partial charge in [0.15, 0.2) is 0 Å². The molecule has 1 aliphatic rings. The molecule has 2 rings (SSSR count). The van der Waals surface area contributed by atoms with Gasteiger partial charge < -0.3 is 15.0 Å². The molecule has 0 saturated carbocycles. The fourth-order valence-electron chi connectivity index (χ4n) is 2.04. The van der Waals surface area contributed by atoms with Gasteiger partial charge in [-0.25, -0.2) is 0 Å². The summed E-state index contributed by atoms with van der Waals surface area (Å²) >= 11 is 0. The molecule has 1 unspecified atom stereocenters. The van der Waals surface area contributed by atoms with E-state index < -0.39 is 0 Å². The number of aromatic nitrogens is 1. The van der Waals surface area contributed by atoms with Crippen LogP contribution in [0, 0.1) is 0 Å². The summed E-state index contributed by atoms with van der Waals surface area (Å²) in [6, 6.07) is 4.49. The molecule has 4 nitrogen and oxygen atoms in total. The van der Waals surface area contributed by atoms with Crippen molar-refractivity contribution in [2.24, 2.45) is 0 Å². The number of ether oxygens (including phenoxy) is 1. The number of nitrogens with one attached hydrogen (secondary N) is 1. The van der Waals surface area contributed by atoms with Crippen molar-refractivity contribution in [2.45, 2.75) is 25.5 Å². The number of likely N-dealkylation sites (N-methyl/N-ethyl adjacent to an activating group) is 1. The molecule has 0 radical (unpaired) electrons. The monoisotopic (exact) mass is 235 g/mol. The van der Waals surface area contributed by atoms with Crippen LogP contribution in [0.4, 0.5) is 0 Å². The van der Waals surface area contributed by atoms with Crippen molar-refractivity contribution in [3.63, 3.8) is 0 Å². The van der Waals surface area contributed by atoms with Crippen molar-refractivity contribution in [3.05, 3.63) is 24.0 Å². The minimum Gasteiger partial charge on any atom is -0.485 e. The van der Waals surface area contributed by atoms with E-state index in [4.69, 9.17) is 4.74 Å². The molecule has 94 valence electrons. The maximum Gasteiger partial charge on any atom is 0.138 e. The van der Waals surface area contributed by atoms with E-state index in [9.17, 15) is 0 Å². The Balaban J connectivity index is 1.97. The van der Waals surface area contributed by atoms with Crippen LogP contribution in [0.1, 0.15) is 25.6 Å². The molecule has 1 atom stereocenters. The number of hydrogen-bond donors (Lipinski definition) is 1. The van der Waals surface area contributed by atoms with Crippen molar-refractivity contribution < 1.29 is 4.74 Å². The summed E-state index contributed by atoms with van der Waals surface area (Å²) < 4.78 is 5.94. The first-order chi connectivity index (χ1) is 7.96. The first-order valence-corrected chi connectivity index (χ1v) is 5.99. The van der Waals surface area contributed by atoms with Gasteiger partial charge in [-0.15, -0.1) is 0 Å². The molecule has 0 bridgehead atoms. The number of nitrogens with zero attached hydrogens (tertiary/aromatic N) is 2.